The predicted molar refractivity (Wildman–Crippen MR) is 89.4 cm³/mol. The van der Waals surface area contributed by atoms with Gasteiger partial charge in [0.25, 0.3) is 11.8 Å². The standard InChI is InChI=1S/C18H26N2O3/c1-20(2)17(22)15-9-7-8-14(12-15)16(21)19-13-18(23)10-5-3-4-6-11-18/h7-9,12,23H,3-6,10-11,13H2,1-2H3,(H,19,21). The maximum Gasteiger partial charge on any atom is 0.253 e. The van der Waals surface area contributed by atoms with Gasteiger partial charge < -0.3 is 15.3 Å². The molecule has 0 heterocycles. The van der Waals surface area contributed by atoms with Crippen molar-refractivity contribution in [2.45, 2.75) is 44.1 Å². The van der Waals surface area contributed by atoms with Crippen molar-refractivity contribution in [2.24, 2.45) is 0 Å². The second-order valence-corrected chi connectivity index (χ2v) is 6.60. The molecule has 2 rings (SSSR count). The van der Waals surface area contributed by atoms with E-state index in [1.807, 2.05) is 0 Å². The second-order valence-electron chi connectivity index (χ2n) is 6.60. The predicted octanol–water partition coefficient (Wildman–Crippen LogP) is 2.20. The van der Waals surface area contributed by atoms with Gasteiger partial charge in [-0.15, -0.1) is 0 Å². The number of amides is 2. The Morgan fingerprint density at radius 1 is 1.13 bits per heavy atom. The molecule has 0 unspecified atom stereocenters. The largest absolute Gasteiger partial charge is 0.388 e. The summed E-state index contributed by atoms with van der Waals surface area (Å²) in [6.45, 7) is 0.262. The van der Waals surface area contributed by atoms with Crippen LogP contribution < -0.4 is 5.32 Å². The molecule has 0 radical (unpaired) electrons. The van der Waals surface area contributed by atoms with Crippen molar-refractivity contribution in [2.75, 3.05) is 20.6 Å². The quantitative estimate of drug-likeness (QED) is 0.836. The lowest BCUT2D eigenvalue weighted by Crippen LogP contribution is -2.42. The number of hydrogen-bond donors (Lipinski definition) is 2. The van der Waals surface area contributed by atoms with E-state index in [9.17, 15) is 14.7 Å². The molecule has 2 amide bonds. The minimum atomic E-state index is -0.802. The Morgan fingerprint density at radius 3 is 2.35 bits per heavy atom. The highest BCUT2D eigenvalue weighted by Crippen LogP contribution is 2.26. The fraction of sp³-hybridized carbons (Fsp3) is 0.556. The first-order chi connectivity index (χ1) is 10.9. The van der Waals surface area contributed by atoms with Crippen LogP contribution in [-0.2, 0) is 0 Å². The van der Waals surface area contributed by atoms with Crippen LogP contribution in [0.4, 0.5) is 0 Å². The van der Waals surface area contributed by atoms with Crippen molar-refractivity contribution in [3.63, 3.8) is 0 Å². The van der Waals surface area contributed by atoms with Gasteiger partial charge in [0.1, 0.15) is 0 Å². The van der Waals surface area contributed by atoms with Crippen molar-refractivity contribution >= 4 is 11.8 Å². The van der Waals surface area contributed by atoms with Crippen molar-refractivity contribution in [3.05, 3.63) is 35.4 Å². The van der Waals surface area contributed by atoms with Crippen molar-refractivity contribution in [3.8, 4) is 0 Å². The molecule has 1 aromatic carbocycles. The lowest BCUT2D eigenvalue weighted by molar-refractivity contribution is 0.0246. The van der Waals surface area contributed by atoms with Gasteiger partial charge >= 0.3 is 0 Å². The Hall–Kier alpha value is -1.88. The molecule has 0 bridgehead atoms. The van der Waals surface area contributed by atoms with E-state index < -0.39 is 5.60 Å². The molecule has 2 N–H and O–H groups in total. The summed E-state index contributed by atoms with van der Waals surface area (Å²) in [5.41, 5.74) is 0.120. The average molecular weight is 318 g/mol. The highest BCUT2D eigenvalue weighted by atomic mass is 16.3. The zero-order valence-electron chi connectivity index (χ0n) is 14.0. The fourth-order valence-corrected chi connectivity index (χ4v) is 2.96. The third-order valence-corrected chi connectivity index (χ3v) is 4.39. The zero-order chi connectivity index (χ0) is 16.9. The van der Waals surface area contributed by atoms with Gasteiger partial charge in [-0.3, -0.25) is 9.59 Å². The van der Waals surface area contributed by atoms with Crippen LogP contribution in [0.15, 0.2) is 24.3 Å². The molecule has 5 heteroatoms. The molecule has 1 aliphatic rings. The summed E-state index contributed by atoms with van der Waals surface area (Å²) in [5, 5.41) is 13.4. The van der Waals surface area contributed by atoms with Gasteiger partial charge in [-0.1, -0.05) is 31.7 Å². The molecular weight excluding hydrogens is 292 g/mol. The number of carbonyl (C=O) groups is 2. The number of nitrogens with zero attached hydrogens (tertiary/aromatic N) is 1. The summed E-state index contributed by atoms with van der Waals surface area (Å²) in [6.07, 6.45) is 5.74. The lowest BCUT2D eigenvalue weighted by Gasteiger charge is -2.26. The maximum atomic E-state index is 12.3. The van der Waals surface area contributed by atoms with Crippen molar-refractivity contribution in [1.82, 2.24) is 10.2 Å². The van der Waals surface area contributed by atoms with Gasteiger partial charge in [0.15, 0.2) is 0 Å². The number of carbonyl (C=O) groups excluding carboxylic acids is 2. The Balaban J connectivity index is 2.00. The van der Waals surface area contributed by atoms with E-state index in [2.05, 4.69) is 5.32 Å². The van der Waals surface area contributed by atoms with Crippen molar-refractivity contribution in [1.29, 1.82) is 0 Å². The second kappa shape index (κ2) is 7.59. The van der Waals surface area contributed by atoms with Gasteiger partial charge in [0.2, 0.25) is 0 Å². The Labute approximate surface area is 137 Å². The van der Waals surface area contributed by atoms with Crippen LogP contribution >= 0.6 is 0 Å². The molecule has 0 aromatic heterocycles. The normalized spacial score (nSPS) is 17.2. The number of benzene rings is 1. The van der Waals surface area contributed by atoms with Crippen LogP contribution in [0.3, 0.4) is 0 Å². The first kappa shape index (κ1) is 17.5. The zero-order valence-corrected chi connectivity index (χ0v) is 14.0. The summed E-state index contributed by atoms with van der Waals surface area (Å²) < 4.78 is 0. The van der Waals surface area contributed by atoms with Crippen LogP contribution in [0.1, 0.15) is 59.2 Å². The van der Waals surface area contributed by atoms with Crippen LogP contribution in [0.25, 0.3) is 0 Å². The van der Waals surface area contributed by atoms with Gasteiger partial charge in [-0.2, -0.15) is 0 Å². The van der Waals surface area contributed by atoms with E-state index in [-0.39, 0.29) is 18.4 Å². The number of hydrogen-bond acceptors (Lipinski definition) is 3. The van der Waals surface area contributed by atoms with Crippen LogP contribution in [0, 0.1) is 0 Å². The maximum absolute atomic E-state index is 12.3. The van der Waals surface area contributed by atoms with Gasteiger partial charge in [-0.05, 0) is 31.0 Å². The van der Waals surface area contributed by atoms with E-state index in [1.54, 1.807) is 38.4 Å². The summed E-state index contributed by atoms with van der Waals surface area (Å²) in [4.78, 5) is 25.8. The molecule has 0 atom stereocenters. The minimum Gasteiger partial charge on any atom is -0.388 e. The molecule has 1 saturated carbocycles. The molecule has 0 aliphatic heterocycles. The van der Waals surface area contributed by atoms with Gasteiger partial charge in [0, 0.05) is 31.8 Å². The molecule has 0 saturated heterocycles. The summed E-state index contributed by atoms with van der Waals surface area (Å²) >= 11 is 0. The molecule has 1 fully saturated rings. The molecule has 1 aromatic rings. The minimum absolute atomic E-state index is 0.137. The first-order valence-electron chi connectivity index (χ1n) is 8.24. The third kappa shape index (κ3) is 4.79. The van der Waals surface area contributed by atoms with E-state index >= 15 is 0 Å². The third-order valence-electron chi connectivity index (χ3n) is 4.39. The smallest absolute Gasteiger partial charge is 0.253 e. The Bertz CT molecular complexity index is 561. The Kier molecular flexibility index (Phi) is 5.77. The van der Waals surface area contributed by atoms with Crippen LogP contribution in [0.2, 0.25) is 0 Å². The molecule has 1 aliphatic carbocycles. The number of nitrogens with one attached hydrogen (secondary N) is 1. The highest BCUT2D eigenvalue weighted by Gasteiger charge is 2.28. The lowest BCUT2D eigenvalue weighted by atomic mass is 9.94. The summed E-state index contributed by atoms with van der Waals surface area (Å²) in [5.74, 6) is -0.391. The Morgan fingerprint density at radius 2 is 1.74 bits per heavy atom. The van der Waals surface area contributed by atoms with Gasteiger partial charge in [-0.25, -0.2) is 0 Å². The van der Waals surface area contributed by atoms with Crippen LogP contribution in [0.5, 0.6) is 0 Å². The van der Waals surface area contributed by atoms with Gasteiger partial charge in [0.05, 0.1) is 5.60 Å². The number of aliphatic hydroxyl groups is 1. The van der Waals surface area contributed by atoms with E-state index in [4.69, 9.17) is 0 Å². The topological polar surface area (TPSA) is 69.6 Å². The first-order valence-corrected chi connectivity index (χ1v) is 8.24. The highest BCUT2D eigenvalue weighted by molar-refractivity contribution is 5.99. The van der Waals surface area contributed by atoms with E-state index in [1.165, 1.54) is 4.90 Å². The van der Waals surface area contributed by atoms with E-state index in [0.717, 1.165) is 38.5 Å². The monoisotopic (exact) mass is 318 g/mol. The van der Waals surface area contributed by atoms with E-state index in [0.29, 0.717) is 11.1 Å². The molecule has 0 spiro atoms. The summed E-state index contributed by atoms with van der Waals surface area (Å²) in [7, 11) is 3.35. The molecular formula is C18H26N2O3. The molecule has 23 heavy (non-hydrogen) atoms. The molecule has 5 nitrogen and oxygen atoms in total. The molecule has 126 valence electrons. The van der Waals surface area contributed by atoms with Crippen LogP contribution in [-0.4, -0.2) is 48.1 Å². The average Bonchev–Trinajstić information content (AvgIpc) is 2.77. The summed E-state index contributed by atoms with van der Waals surface area (Å²) in [6, 6.07) is 6.66. The van der Waals surface area contributed by atoms with Crippen molar-refractivity contribution < 1.29 is 14.7 Å². The SMILES string of the molecule is CN(C)C(=O)c1cccc(C(=O)NCC2(O)CCCCCC2)c1. The fourth-order valence-electron chi connectivity index (χ4n) is 2.96. The number of rotatable bonds is 4.